The average Bonchev–Trinajstić information content (AvgIpc) is 2.90. The molecule has 1 aromatic heterocycles. The van der Waals surface area contributed by atoms with Crippen molar-refractivity contribution < 1.29 is 4.39 Å². The number of rotatable bonds is 10. The lowest BCUT2D eigenvalue weighted by atomic mass is 9.89. The summed E-state index contributed by atoms with van der Waals surface area (Å²) < 4.78 is 14.5. The first kappa shape index (κ1) is 15.3. The van der Waals surface area contributed by atoms with E-state index in [2.05, 4.69) is 18.8 Å². The van der Waals surface area contributed by atoms with Crippen LogP contribution in [0.5, 0.6) is 0 Å². The quantitative estimate of drug-likeness (QED) is 0.507. The molecule has 0 aliphatic carbocycles. The molecule has 2 heteroatoms. The fourth-order valence-electron chi connectivity index (χ4n) is 2.52. The van der Waals surface area contributed by atoms with Crippen LogP contribution in [0.2, 0.25) is 0 Å². The highest BCUT2D eigenvalue weighted by Crippen LogP contribution is 2.33. The highest BCUT2D eigenvalue weighted by atomic mass is 19.1. The van der Waals surface area contributed by atoms with E-state index in [1.165, 1.54) is 25.7 Å². The molecule has 0 bridgehead atoms. The Morgan fingerprint density at radius 1 is 1.06 bits per heavy atom. The molecule has 0 saturated carbocycles. The third-order valence-corrected chi connectivity index (χ3v) is 3.69. The highest BCUT2D eigenvalue weighted by Gasteiger charge is 2.22. The smallest absolute Gasteiger partial charge is 0.142 e. The fraction of sp³-hybridized carbons (Fsp3) is 0.750. The molecule has 0 amide bonds. The van der Waals surface area contributed by atoms with E-state index in [0.29, 0.717) is 0 Å². The van der Waals surface area contributed by atoms with E-state index in [4.69, 9.17) is 0 Å². The van der Waals surface area contributed by atoms with Crippen molar-refractivity contribution in [3.8, 4) is 0 Å². The second kappa shape index (κ2) is 9.18. The maximum absolute atomic E-state index is 14.5. The van der Waals surface area contributed by atoms with Crippen molar-refractivity contribution in [3.63, 3.8) is 0 Å². The van der Waals surface area contributed by atoms with E-state index in [1.807, 2.05) is 18.3 Å². The number of unbranched alkanes of at least 4 members (excludes halogenated alkanes) is 4. The van der Waals surface area contributed by atoms with Crippen LogP contribution in [0.3, 0.4) is 0 Å². The number of nitrogens with one attached hydrogen (secondary N) is 1. The second-order valence-corrected chi connectivity index (χ2v) is 5.28. The van der Waals surface area contributed by atoms with Gasteiger partial charge in [-0.15, -0.1) is 0 Å². The number of aromatic amines is 1. The third-order valence-electron chi connectivity index (χ3n) is 3.69. The molecule has 0 spiro atoms. The zero-order valence-electron chi connectivity index (χ0n) is 11.9. The molecule has 0 fully saturated rings. The largest absolute Gasteiger partial charge is 0.363 e. The minimum absolute atomic E-state index is 0.196. The van der Waals surface area contributed by atoms with Crippen molar-refractivity contribution in [1.82, 2.24) is 4.98 Å². The van der Waals surface area contributed by atoms with Crippen molar-refractivity contribution in [2.24, 2.45) is 5.92 Å². The lowest BCUT2D eigenvalue weighted by Crippen LogP contribution is -2.10. The molecule has 1 aromatic rings. The fourth-order valence-corrected chi connectivity index (χ4v) is 2.52. The van der Waals surface area contributed by atoms with Gasteiger partial charge in [0.1, 0.15) is 6.17 Å². The van der Waals surface area contributed by atoms with Crippen molar-refractivity contribution in [2.75, 3.05) is 0 Å². The molecule has 1 nitrogen and oxygen atoms in total. The van der Waals surface area contributed by atoms with Gasteiger partial charge in [0.05, 0.1) is 0 Å². The maximum atomic E-state index is 14.5. The van der Waals surface area contributed by atoms with Gasteiger partial charge >= 0.3 is 0 Å². The van der Waals surface area contributed by atoms with Gasteiger partial charge in [-0.3, -0.25) is 0 Å². The van der Waals surface area contributed by atoms with E-state index in [1.54, 1.807) is 0 Å². The predicted molar refractivity (Wildman–Crippen MR) is 76.4 cm³/mol. The number of halogens is 1. The number of alkyl halides is 1. The van der Waals surface area contributed by atoms with Gasteiger partial charge in [0.25, 0.3) is 0 Å². The summed E-state index contributed by atoms with van der Waals surface area (Å²) in [6, 6.07) is 3.76. The topological polar surface area (TPSA) is 15.8 Å². The molecule has 0 aromatic carbocycles. The standard InChI is InChI=1S/C16H28FN/c1-3-5-7-10-14(11-8-6-4-2)16(17)15-12-9-13-18-15/h9,12-14,16,18H,3-8,10-11H2,1-2H3. The van der Waals surface area contributed by atoms with Gasteiger partial charge in [0, 0.05) is 11.9 Å². The predicted octanol–water partition coefficient (Wildman–Crippen LogP) is 5.80. The third kappa shape index (κ3) is 5.24. The molecule has 0 radical (unpaired) electrons. The van der Waals surface area contributed by atoms with Gasteiger partial charge in [-0.05, 0) is 30.9 Å². The maximum Gasteiger partial charge on any atom is 0.142 e. The van der Waals surface area contributed by atoms with Crippen LogP contribution in [0.25, 0.3) is 0 Å². The molecule has 0 aliphatic rings. The lowest BCUT2D eigenvalue weighted by molar-refractivity contribution is 0.197. The number of hydrogen-bond acceptors (Lipinski definition) is 0. The summed E-state index contributed by atoms with van der Waals surface area (Å²) in [4.78, 5) is 3.02. The zero-order chi connectivity index (χ0) is 13.2. The Hall–Kier alpha value is -0.790. The summed E-state index contributed by atoms with van der Waals surface area (Å²) in [6.07, 6.45) is 10.2. The van der Waals surface area contributed by atoms with Gasteiger partial charge in [0.15, 0.2) is 0 Å². The lowest BCUT2D eigenvalue weighted by Gasteiger charge is -2.20. The Labute approximate surface area is 111 Å². The van der Waals surface area contributed by atoms with Gasteiger partial charge < -0.3 is 4.98 Å². The van der Waals surface area contributed by atoms with Crippen molar-refractivity contribution in [3.05, 3.63) is 24.0 Å². The Bertz CT molecular complexity index is 271. The number of hydrogen-bond donors (Lipinski definition) is 1. The Kier molecular flexibility index (Phi) is 7.79. The zero-order valence-corrected chi connectivity index (χ0v) is 11.9. The molecule has 104 valence electrons. The first-order valence-corrected chi connectivity index (χ1v) is 7.56. The van der Waals surface area contributed by atoms with E-state index < -0.39 is 6.17 Å². The summed E-state index contributed by atoms with van der Waals surface area (Å²) in [5, 5.41) is 0. The van der Waals surface area contributed by atoms with Crippen LogP contribution in [0.15, 0.2) is 18.3 Å². The van der Waals surface area contributed by atoms with Gasteiger partial charge in [-0.25, -0.2) is 4.39 Å². The molecular weight excluding hydrogens is 225 g/mol. The van der Waals surface area contributed by atoms with E-state index >= 15 is 0 Å². The van der Waals surface area contributed by atoms with Crippen LogP contribution in [-0.2, 0) is 0 Å². The molecular formula is C16H28FN. The van der Waals surface area contributed by atoms with Crippen molar-refractivity contribution in [1.29, 1.82) is 0 Å². The van der Waals surface area contributed by atoms with Crippen molar-refractivity contribution >= 4 is 0 Å². The van der Waals surface area contributed by atoms with E-state index in [-0.39, 0.29) is 5.92 Å². The number of H-pyrrole nitrogens is 1. The van der Waals surface area contributed by atoms with Crippen LogP contribution in [0.1, 0.15) is 77.1 Å². The summed E-state index contributed by atoms with van der Waals surface area (Å²) in [5.41, 5.74) is 0.757. The minimum atomic E-state index is -0.811. The first-order chi connectivity index (χ1) is 8.79. The second-order valence-electron chi connectivity index (χ2n) is 5.28. The Morgan fingerprint density at radius 2 is 1.67 bits per heavy atom. The summed E-state index contributed by atoms with van der Waals surface area (Å²) >= 11 is 0. The van der Waals surface area contributed by atoms with Crippen LogP contribution >= 0.6 is 0 Å². The van der Waals surface area contributed by atoms with Crippen molar-refractivity contribution in [2.45, 2.75) is 71.4 Å². The molecule has 0 saturated heterocycles. The summed E-state index contributed by atoms with van der Waals surface area (Å²) in [7, 11) is 0. The van der Waals surface area contributed by atoms with Gasteiger partial charge in [0.2, 0.25) is 0 Å². The summed E-state index contributed by atoms with van der Waals surface area (Å²) in [6.45, 7) is 4.40. The normalized spacial score (nSPS) is 13.1. The van der Waals surface area contributed by atoms with Crippen LogP contribution in [0, 0.1) is 5.92 Å². The minimum Gasteiger partial charge on any atom is -0.363 e. The molecule has 1 atom stereocenters. The Morgan fingerprint density at radius 3 is 2.11 bits per heavy atom. The van der Waals surface area contributed by atoms with Crippen LogP contribution in [0.4, 0.5) is 4.39 Å². The molecule has 18 heavy (non-hydrogen) atoms. The first-order valence-electron chi connectivity index (χ1n) is 7.56. The number of aromatic nitrogens is 1. The van der Waals surface area contributed by atoms with Crippen LogP contribution < -0.4 is 0 Å². The average molecular weight is 253 g/mol. The Balaban J connectivity index is 2.46. The van der Waals surface area contributed by atoms with E-state index in [9.17, 15) is 4.39 Å². The molecule has 1 unspecified atom stereocenters. The van der Waals surface area contributed by atoms with Gasteiger partial charge in [-0.1, -0.05) is 52.4 Å². The SMILES string of the molecule is CCCCCC(CCCCC)C(F)c1ccc[nH]1. The monoisotopic (exact) mass is 253 g/mol. The van der Waals surface area contributed by atoms with E-state index in [0.717, 1.165) is 31.4 Å². The molecule has 1 rings (SSSR count). The molecule has 0 aliphatic heterocycles. The summed E-state index contributed by atoms with van der Waals surface area (Å²) in [5.74, 6) is 0.196. The van der Waals surface area contributed by atoms with Gasteiger partial charge in [-0.2, -0.15) is 0 Å². The van der Waals surface area contributed by atoms with Crippen LogP contribution in [-0.4, -0.2) is 4.98 Å². The highest BCUT2D eigenvalue weighted by molar-refractivity contribution is 5.08. The molecule has 1 heterocycles. The molecule has 1 N–H and O–H groups in total.